The number of nitrogens with two attached hydrogens (primary N) is 1. The Hall–Kier alpha value is -1.87. The molecule has 3 heterocycles. The topological polar surface area (TPSA) is 135 Å². The average molecular weight is 538 g/mol. The van der Waals surface area contributed by atoms with Crippen molar-refractivity contribution in [2.45, 2.75) is 109 Å². The zero-order chi connectivity index (χ0) is 27.3. The van der Waals surface area contributed by atoms with Crippen molar-refractivity contribution in [3.05, 3.63) is 12.2 Å². The minimum atomic E-state index is -2.09. The molecular formula is C24H43N5O5Si2. The Balaban J connectivity index is 1.93. The highest BCUT2D eigenvalue weighted by Crippen LogP contribution is 2.43. The first-order valence-electron chi connectivity index (χ1n) is 12.5. The predicted octanol–water partition coefficient (Wildman–Crippen LogP) is 4.74. The molecule has 0 radical (unpaired) electrons. The number of aromatic nitrogens is 4. The van der Waals surface area contributed by atoms with Crippen LogP contribution in [0.5, 0.6) is 0 Å². The fraction of sp³-hybridized carbons (Fsp3) is 0.750. The van der Waals surface area contributed by atoms with Gasteiger partial charge in [0.05, 0.1) is 19.0 Å². The highest BCUT2D eigenvalue weighted by molar-refractivity contribution is 6.74. The summed E-state index contributed by atoms with van der Waals surface area (Å²) in [6.45, 7) is 22.7. The number of rotatable bonds is 8. The van der Waals surface area contributed by atoms with Crippen LogP contribution in [-0.2, 0) is 24.8 Å². The van der Waals surface area contributed by atoms with Crippen LogP contribution < -0.4 is 5.73 Å². The van der Waals surface area contributed by atoms with Crippen molar-refractivity contribution >= 4 is 39.6 Å². The molecule has 1 fully saturated rings. The molecule has 10 nitrogen and oxygen atoms in total. The van der Waals surface area contributed by atoms with Crippen molar-refractivity contribution in [2.75, 3.05) is 12.3 Å². The van der Waals surface area contributed by atoms with Gasteiger partial charge in [0, 0.05) is 6.42 Å². The van der Waals surface area contributed by atoms with Crippen LogP contribution in [0.1, 0.15) is 60.0 Å². The molecule has 1 aliphatic rings. The summed E-state index contributed by atoms with van der Waals surface area (Å²) in [5, 5.41) is 9.32. The van der Waals surface area contributed by atoms with Crippen LogP contribution in [0, 0.1) is 0 Å². The summed E-state index contributed by atoms with van der Waals surface area (Å²) in [5.41, 5.74) is 6.96. The zero-order valence-corrected chi connectivity index (χ0v) is 25.4. The van der Waals surface area contributed by atoms with E-state index in [1.165, 1.54) is 0 Å². The number of carboxylic acids is 1. The van der Waals surface area contributed by atoms with E-state index in [1.54, 1.807) is 6.33 Å². The number of anilines is 1. The first kappa shape index (κ1) is 28.7. The SMILES string of the molecule is CC(C)(C)[Si](C)(C)OC[C@H]1O[C@@H](n2cnc3c(N)nc(CC(=O)O)nc32)C[C@@H]1O[Si](C)(C)C(C)(C)C. The van der Waals surface area contributed by atoms with E-state index in [0.29, 0.717) is 24.2 Å². The van der Waals surface area contributed by atoms with Crippen LogP contribution in [0.15, 0.2) is 6.33 Å². The third kappa shape index (κ3) is 5.99. The van der Waals surface area contributed by atoms with Gasteiger partial charge in [-0.3, -0.25) is 9.36 Å². The normalized spacial score (nSPS) is 21.9. The van der Waals surface area contributed by atoms with E-state index in [9.17, 15) is 9.90 Å². The van der Waals surface area contributed by atoms with E-state index in [1.807, 2.05) is 4.57 Å². The molecule has 3 rings (SSSR count). The number of nitrogens with zero attached hydrogens (tertiary/aromatic N) is 4. The molecule has 0 aromatic carbocycles. The fourth-order valence-corrected chi connectivity index (χ4v) is 5.99. The Morgan fingerprint density at radius 2 is 1.75 bits per heavy atom. The Labute approximate surface area is 216 Å². The van der Waals surface area contributed by atoms with Crippen LogP contribution in [0.3, 0.4) is 0 Å². The number of hydrogen-bond donors (Lipinski definition) is 2. The van der Waals surface area contributed by atoms with Gasteiger partial charge in [0.25, 0.3) is 0 Å². The quantitative estimate of drug-likeness (QED) is 0.458. The van der Waals surface area contributed by atoms with E-state index < -0.39 is 28.8 Å². The van der Waals surface area contributed by atoms with Crippen molar-refractivity contribution in [2.24, 2.45) is 0 Å². The number of aliphatic carboxylic acids is 1. The van der Waals surface area contributed by atoms with Gasteiger partial charge in [-0.2, -0.15) is 0 Å². The van der Waals surface area contributed by atoms with Gasteiger partial charge < -0.3 is 24.4 Å². The summed E-state index contributed by atoms with van der Waals surface area (Å²) in [7, 11) is -4.08. The van der Waals surface area contributed by atoms with Gasteiger partial charge >= 0.3 is 5.97 Å². The Morgan fingerprint density at radius 1 is 1.14 bits per heavy atom. The second kappa shape index (κ2) is 9.78. The van der Waals surface area contributed by atoms with Gasteiger partial charge in [-0.25, -0.2) is 15.0 Å². The lowest BCUT2D eigenvalue weighted by atomic mass is 10.2. The summed E-state index contributed by atoms with van der Waals surface area (Å²) in [6.07, 6.45) is 1.10. The lowest BCUT2D eigenvalue weighted by Crippen LogP contribution is -2.48. The van der Waals surface area contributed by atoms with Crippen LogP contribution >= 0.6 is 0 Å². The third-order valence-corrected chi connectivity index (χ3v) is 17.0. The molecule has 0 bridgehead atoms. The van der Waals surface area contributed by atoms with Gasteiger partial charge in [0.15, 0.2) is 28.1 Å². The first-order chi connectivity index (χ1) is 16.3. The summed E-state index contributed by atoms with van der Waals surface area (Å²) in [5.74, 6) is -0.735. The van der Waals surface area contributed by atoms with E-state index in [-0.39, 0.29) is 40.3 Å². The van der Waals surface area contributed by atoms with Crippen molar-refractivity contribution in [3.63, 3.8) is 0 Å². The molecule has 3 atom stereocenters. The smallest absolute Gasteiger partial charge is 0.311 e. The second-order valence-electron chi connectivity index (χ2n) is 12.8. The molecule has 1 aliphatic heterocycles. The number of nitrogen functional groups attached to an aromatic ring is 1. The van der Waals surface area contributed by atoms with Crippen molar-refractivity contribution in [1.82, 2.24) is 19.5 Å². The Kier molecular flexibility index (Phi) is 7.80. The van der Waals surface area contributed by atoms with Gasteiger partial charge in [-0.05, 0) is 36.3 Å². The minimum Gasteiger partial charge on any atom is -0.481 e. The largest absolute Gasteiger partial charge is 0.481 e. The summed E-state index contributed by atoms with van der Waals surface area (Å²) >= 11 is 0. The summed E-state index contributed by atoms with van der Waals surface area (Å²) in [6, 6.07) is 0. The molecule has 2 aromatic heterocycles. The van der Waals surface area contributed by atoms with Gasteiger partial charge in [-0.1, -0.05) is 41.5 Å². The maximum atomic E-state index is 11.2. The second-order valence-corrected chi connectivity index (χ2v) is 22.3. The van der Waals surface area contributed by atoms with Crippen molar-refractivity contribution < 1.29 is 23.5 Å². The maximum Gasteiger partial charge on any atom is 0.311 e. The number of fused-ring (bicyclic) bond motifs is 1. The van der Waals surface area contributed by atoms with E-state index in [2.05, 4.69) is 82.7 Å². The van der Waals surface area contributed by atoms with Crippen molar-refractivity contribution in [3.8, 4) is 0 Å². The molecule has 3 N–H and O–H groups in total. The minimum absolute atomic E-state index is 0.0467. The molecule has 1 saturated heterocycles. The molecule has 0 amide bonds. The third-order valence-electron chi connectivity index (χ3n) is 7.96. The molecule has 12 heteroatoms. The van der Waals surface area contributed by atoms with Crippen LogP contribution in [0.25, 0.3) is 11.2 Å². The summed E-state index contributed by atoms with van der Waals surface area (Å²) in [4.78, 5) is 24.2. The van der Waals surface area contributed by atoms with Crippen LogP contribution in [-0.4, -0.2) is 66.0 Å². The highest BCUT2D eigenvalue weighted by Gasteiger charge is 2.47. The monoisotopic (exact) mass is 537 g/mol. The molecule has 2 aromatic rings. The van der Waals surface area contributed by atoms with Gasteiger partial charge in [0.1, 0.15) is 30.1 Å². The molecule has 0 unspecified atom stereocenters. The number of carboxylic acid groups (broad SMARTS) is 1. The molecule has 202 valence electrons. The predicted molar refractivity (Wildman–Crippen MR) is 145 cm³/mol. The lowest BCUT2D eigenvalue weighted by Gasteiger charge is -2.40. The summed E-state index contributed by atoms with van der Waals surface area (Å²) < 4.78 is 21.8. The number of imidazole rings is 1. The molecule has 36 heavy (non-hydrogen) atoms. The van der Waals surface area contributed by atoms with E-state index in [4.69, 9.17) is 19.3 Å². The molecular weight excluding hydrogens is 494 g/mol. The standard InChI is InChI=1S/C24H43N5O5Si2/c1-23(2,3)35(7,8)32-13-16-15(34-36(9,10)24(4,5)6)11-18(33-16)29-14-26-20-21(25)27-17(12-19(30)31)28-22(20)29/h14-16,18H,11-13H2,1-10H3,(H,30,31)(H2,25,27,28)/t15-,16+,18+/m0/s1. The number of hydrogen-bond acceptors (Lipinski definition) is 8. The average Bonchev–Trinajstić information content (AvgIpc) is 3.28. The number of carbonyl (C=O) groups is 1. The van der Waals surface area contributed by atoms with E-state index in [0.717, 1.165) is 0 Å². The van der Waals surface area contributed by atoms with Crippen LogP contribution in [0.2, 0.25) is 36.3 Å². The van der Waals surface area contributed by atoms with Crippen molar-refractivity contribution in [1.29, 1.82) is 0 Å². The number of ether oxygens (including phenoxy) is 1. The fourth-order valence-electron chi connectivity index (χ4n) is 3.62. The molecule has 0 saturated carbocycles. The highest BCUT2D eigenvalue weighted by atomic mass is 28.4. The molecule has 0 aliphatic carbocycles. The van der Waals surface area contributed by atoms with Crippen LogP contribution in [0.4, 0.5) is 5.82 Å². The first-order valence-corrected chi connectivity index (χ1v) is 18.3. The van der Waals surface area contributed by atoms with Gasteiger partial charge in [-0.15, -0.1) is 0 Å². The maximum absolute atomic E-state index is 11.2. The Morgan fingerprint density at radius 3 is 2.31 bits per heavy atom. The lowest BCUT2D eigenvalue weighted by molar-refractivity contribution is -0.136. The molecule has 0 spiro atoms. The Bertz CT molecular complexity index is 1110. The van der Waals surface area contributed by atoms with Gasteiger partial charge in [0.2, 0.25) is 0 Å². The zero-order valence-electron chi connectivity index (χ0n) is 23.4. The van der Waals surface area contributed by atoms with E-state index >= 15 is 0 Å².